The van der Waals surface area contributed by atoms with Crippen LogP contribution in [-0.2, 0) is 0 Å². The lowest BCUT2D eigenvalue weighted by molar-refractivity contribution is -0.390. The zero-order chi connectivity index (χ0) is 9.84. The third-order valence-corrected chi connectivity index (χ3v) is 1.37. The third-order valence-electron chi connectivity index (χ3n) is 1.37. The van der Waals surface area contributed by atoms with Gasteiger partial charge in [-0.1, -0.05) is 0 Å². The molecule has 1 aromatic heterocycles. The van der Waals surface area contributed by atoms with Gasteiger partial charge in [0, 0.05) is 0 Å². The molecule has 0 bridgehead atoms. The molecule has 1 rings (SSSR count). The van der Waals surface area contributed by atoms with E-state index < -0.39 is 10.7 Å². The van der Waals surface area contributed by atoms with E-state index >= 15 is 0 Å². The second-order valence-corrected chi connectivity index (χ2v) is 2.14. The lowest BCUT2D eigenvalue weighted by atomic mass is 10.3. The van der Waals surface area contributed by atoms with Gasteiger partial charge < -0.3 is 14.9 Å². The fourth-order valence-corrected chi connectivity index (χ4v) is 0.806. The van der Waals surface area contributed by atoms with Gasteiger partial charge in [0.25, 0.3) is 0 Å². The molecule has 0 saturated heterocycles. The van der Waals surface area contributed by atoms with Gasteiger partial charge in [0.15, 0.2) is 6.29 Å². The Morgan fingerprint density at radius 1 is 1.62 bits per heavy atom. The van der Waals surface area contributed by atoms with Crippen LogP contribution < -0.4 is 4.74 Å². The molecule has 6 nitrogen and oxygen atoms in total. The molecule has 68 valence electrons. The van der Waals surface area contributed by atoms with Crippen LogP contribution in [0.15, 0.2) is 12.1 Å². The van der Waals surface area contributed by atoms with Gasteiger partial charge in [-0.05, 0) is 22.0 Å². The van der Waals surface area contributed by atoms with Gasteiger partial charge in [0.2, 0.25) is 11.4 Å². The molecule has 0 amide bonds. The molecule has 0 saturated carbocycles. The second kappa shape index (κ2) is 3.61. The number of methoxy groups -OCH3 is 1. The summed E-state index contributed by atoms with van der Waals surface area (Å²) in [4.78, 5) is 23.4. The van der Waals surface area contributed by atoms with Gasteiger partial charge in [0.05, 0.1) is 7.11 Å². The van der Waals surface area contributed by atoms with Gasteiger partial charge in [-0.25, -0.2) is 0 Å². The molecule has 0 aliphatic carbocycles. The van der Waals surface area contributed by atoms with Gasteiger partial charge in [-0.15, -0.1) is 0 Å². The van der Waals surface area contributed by atoms with Crippen molar-refractivity contribution in [1.82, 2.24) is 4.98 Å². The Labute approximate surface area is 73.3 Å². The summed E-state index contributed by atoms with van der Waals surface area (Å²) in [5.41, 5.74) is 0.00694. The number of ether oxygens (including phenoxy) is 1. The van der Waals surface area contributed by atoms with Crippen LogP contribution in [0, 0.1) is 10.1 Å². The van der Waals surface area contributed by atoms with Gasteiger partial charge in [-0.3, -0.25) is 4.79 Å². The Bertz CT molecular complexity index is 350. The van der Waals surface area contributed by atoms with Gasteiger partial charge in [0.1, 0.15) is 0 Å². The van der Waals surface area contributed by atoms with E-state index in [0.29, 0.717) is 6.29 Å². The van der Waals surface area contributed by atoms with E-state index in [0.717, 1.165) is 0 Å². The number of carbonyl (C=O) groups is 1. The molecule has 0 fully saturated rings. The first-order valence-corrected chi connectivity index (χ1v) is 3.33. The van der Waals surface area contributed by atoms with E-state index in [1.54, 1.807) is 0 Å². The summed E-state index contributed by atoms with van der Waals surface area (Å²) >= 11 is 0. The van der Waals surface area contributed by atoms with Crippen molar-refractivity contribution in [3.8, 4) is 5.75 Å². The highest BCUT2D eigenvalue weighted by atomic mass is 16.6. The van der Waals surface area contributed by atoms with Crippen molar-refractivity contribution in [2.45, 2.75) is 0 Å². The van der Waals surface area contributed by atoms with Crippen molar-refractivity contribution >= 4 is 12.1 Å². The predicted octanol–water partition coefficient (Wildman–Crippen LogP) is 0.811. The Morgan fingerprint density at radius 3 is 2.77 bits per heavy atom. The van der Waals surface area contributed by atoms with Gasteiger partial charge in [-0.2, -0.15) is 0 Å². The maximum Gasteiger partial charge on any atom is 0.406 e. The molecule has 0 aromatic carbocycles. The lowest BCUT2D eigenvalue weighted by Crippen LogP contribution is -1.99. The zero-order valence-corrected chi connectivity index (χ0v) is 6.76. The van der Waals surface area contributed by atoms with Gasteiger partial charge >= 0.3 is 5.82 Å². The Hall–Kier alpha value is -1.98. The number of rotatable bonds is 3. The summed E-state index contributed by atoms with van der Waals surface area (Å²) in [6.07, 6.45) is 0.437. The average molecular weight is 182 g/mol. The summed E-state index contributed by atoms with van der Waals surface area (Å²) in [7, 11) is 1.30. The number of nitro groups is 1. The maximum absolute atomic E-state index is 10.4. The minimum Gasteiger partial charge on any atom is -0.489 e. The van der Waals surface area contributed by atoms with Crippen molar-refractivity contribution in [1.29, 1.82) is 0 Å². The van der Waals surface area contributed by atoms with Crippen LogP contribution in [0.2, 0.25) is 0 Å². The maximum atomic E-state index is 10.4. The highest BCUT2D eigenvalue weighted by Crippen LogP contribution is 2.23. The number of hydrogen-bond donors (Lipinski definition) is 0. The molecule has 0 aliphatic heterocycles. The minimum absolute atomic E-state index is 0.00694. The predicted molar refractivity (Wildman–Crippen MR) is 42.8 cm³/mol. The van der Waals surface area contributed by atoms with Crippen molar-refractivity contribution in [2.24, 2.45) is 0 Å². The molecule has 0 atom stereocenters. The van der Waals surface area contributed by atoms with Crippen molar-refractivity contribution in [3.05, 3.63) is 27.9 Å². The largest absolute Gasteiger partial charge is 0.489 e. The molecule has 13 heavy (non-hydrogen) atoms. The van der Waals surface area contributed by atoms with E-state index in [4.69, 9.17) is 0 Å². The Kier molecular flexibility index (Phi) is 2.53. The first-order valence-electron chi connectivity index (χ1n) is 3.33. The lowest BCUT2D eigenvalue weighted by Gasteiger charge is -1.99. The third kappa shape index (κ3) is 1.78. The topological polar surface area (TPSA) is 82.3 Å². The molecule has 1 aromatic rings. The van der Waals surface area contributed by atoms with Crippen LogP contribution in [0.25, 0.3) is 0 Å². The monoisotopic (exact) mass is 182 g/mol. The number of hydrogen-bond acceptors (Lipinski definition) is 5. The minimum atomic E-state index is -0.703. The summed E-state index contributed by atoms with van der Waals surface area (Å²) in [5, 5.41) is 10.4. The molecule has 1 heterocycles. The fraction of sp³-hybridized carbons (Fsp3) is 0.143. The summed E-state index contributed by atoms with van der Waals surface area (Å²) in [5.74, 6) is -0.414. The van der Waals surface area contributed by atoms with Crippen molar-refractivity contribution in [2.75, 3.05) is 7.11 Å². The number of nitrogens with zero attached hydrogens (tertiary/aromatic N) is 2. The van der Waals surface area contributed by atoms with Crippen LogP contribution in [0.3, 0.4) is 0 Å². The van der Waals surface area contributed by atoms with E-state index in [1.807, 2.05) is 0 Å². The number of pyridine rings is 1. The number of carbonyl (C=O) groups excluding carboxylic acids is 1. The summed E-state index contributed by atoms with van der Waals surface area (Å²) in [6.45, 7) is 0. The van der Waals surface area contributed by atoms with E-state index in [1.165, 1.54) is 19.2 Å². The molecule has 0 unspecified atom stereocenters. The highest BCUT2D eigenvalue weighted by Gasteiger charge is 2.17. The molecule has 6 heteroatoms. The molecule has 0 spiro atoms. The molecule has 0 N–H and O–H groups in total. The second-order valence-electron chi connectivity index (χ2n) is 2.14. The van der Waals surface area contributed by atoms with Crippen LogP contribution in [-0.4, -0.2) is 23.3 Å². The van der Waals surface area contributed by atoms with Crippen LogP contribution in [0.1, 0.15) is 10.5 Å². The standard InChI is InChI=1S/C7H6N2O4/c1-13-6-3-2-5(4-10)8-7(6)9(11)12/h2-4H,1H3. The summed E-state index contributed by atoms with van der Waals surface area (Å²) < 4.78 is 4.69. The highest BCUT2D eigenvalue weighted by molar-refractivity contribution is 5.72. The van der Waals surface area contributed by atoms with Crippen LogP contribution in [0.4, 0.5) is 5.82 Å². The number of aldehydes is 1. The van der Waals surface area contributed by atoms with Crippen LogP contribution in [0.5, 0.6) is 5.75 Å². The Morgan fingerprint density at radius 2 is 2.31 bits per heavy atom. The quantitative estimate of drug-likeness (QED) is 0.392. The molecular formula is C7H6N2O4. The zero-order valence-electron chi connectivity index (χ0n) is 6.76. The molecule has 0 aliphatic rings. The van der Waals surface area contributed by atoms with Crippen LogP contribution >= 0.6 is 0 Å². The summed E-state index contributed by atoms with van der Waals surface area (Å²) in [6, 6.07) is 2.67. The fourth-order valence-electron chi connectivity index (χ4n) is 0.806. The first-order chi connectivity index (χ1) is 6.19. The van der Waals surface area contributed by atoms with E-state index in [2.05, 4.69) is 9.72 Å². The van der Waals surface area contributed by atoms with Crippen molar-refractivity contribution in [3.63, 3.8) is 0 Å². The average Bonchev–Trinajstić information content (AvgIpc) is 2.16. The van der Waals surface area contributed by atoms with E-state index in [9.17, 15) is 14.9 Å². The molecular weight excluding hydrogens is 176 g/mol. The first kappa shape index (κ1) is 9.11. The normalized spacial score (nSPS) is 9.31. The smallest absolute Gasteiger partial charge is 0.406 e. The molecule has 0 radical (unpaired) electrons. The van der Waals surface area contributed by atoms with E-state index in [-0.39, 0.29) is 11.4 Å². The number of aromatic nitrogens is 1. The van der Waals surface area contributed by atoms with Crippen molar-refractivity contribution < 1.29 is 14.5 Å². The Balaban J connectivity index is 3.25. The SMILES string of the molecule is COc1ccc(C=O)nc1[N+](=O)[O-].